The Morgan fingerprint density at radius 1 is 1.00 bits per heavy atom. The topological polar surface area (TPSA) is 73.9 Å². The third kappa shape index (κ3) is 5.05. The highest BCUT2D eigenvalue weighted by molar-refractivity contribution is 6.35. The molecule has 2 aromatic rings. The predicted octanol–water partition coefficient (Wildman–Crippen LogP) is 2.26. The van der Waals surface area contributed by atoms with E-state index in [1.165, 1.54) is 29.7 Å². The van der Waals surface area contributed by atoms with Crippen molar-refractivity contribution >= 4 is 17.5 Å². The highest BCUT2D eigenvalue weighted by Gasteiger charge is 2.26. The van der Waals surface area contributed by atoms with Crippen LogP contribution in [-0.2, 0) is 22.6 Å². The van der Waals surface area contributed by atoms with Crippen LogP contribution in [0.5, 0.6) is 5.75 Å². The van der Waals surface area contributed by atoms with Crippen LogP contribution in [0.1, 0.15) is 35.6 Å². The number of likely N-dealkylation sites (N-methyl/N-ethyl adjacent to an activating group) is 1. The molecule has 7 nitrogen and oxygen atoms in total. The Morgan fingerprint density at radius 2 is 1.72 bits per heavy atom. The SMILES string of the molecule is COc1ccc(CNC(=O)C(=O)NC[C@@H](c2ccc3c(c2)CCN3C)N2CCCC2)cc1. The molecular formula is C25H32N4O3. The molecule has 32 heavy (non-hydrogen) atoms. The van der Waals surface area contributed by atoms with Crippen LogP contribution in [0.4, 0.5) is 5.69 Å². The first-order valence-electron chi connectivity index (χ1n) is 11.3. The van der Waals surface area contributed by atoms with Gasteiger partial charge in [0.05, 0.1) is 13.2 Å². The van der Waals surface area contributed by atoms with Gasteiger partial charge in [0.25, 0.3) is 0 Å². The van der Waals surface area contributed by atoms with Crippen LogP contribution < -0.4 is 20.3 Å². The average molecular weight is 437 g/mol. The summed E-state index contributed by atoms with van der Waals surface area (Å²) in [5.41, 5.74) is 4.76. The maximum atomic E-state index is 12.5. The van der Waals surface area contributed by atoms with Gasteiger partial charge in [-0.05, 0) is 67.2 Å². The van der Waals surface area contributed by atoms with E-state index in [1.807, 2.05) is 24.3 Å². The van der Waals surface area contributed by atoms with Crippen molar-refractivity contribution in [3.8, 4) is 5.75 Å². The number of carbonyl (C=O) groups is 2. The van der Waals surface area contributed by atoms with Crippen LogP contribution in [-0.4, -0.2) is 57.1 Å². The molecule has 0 aromatic heterocycles. The lowest BCUT2D eigenvalue weighted by atomic mass is 10.0. The van der Waals surface area contributed by atoms with Crippen LogP contribution in [0.3, 0.4) is 0 Å². The van der Waals surface area contributed by atoms with Gasteiger partial charge in [0.1, 0.15) is 5.75 Å². The Morgan fingerprint density at radius 3 is 2.44 bits per heavy atom. The minimum Gasteiger partial charge on any atom is -0.497 e. The van der Waals surface area contributed by atoms with Crippen molar-refractivity contribution < 1.29 is 14.3 Å². The first-order valence-corrected chi connectivity index (χ1v) is 11.3. The molecule has 2 aliphatic heterocycles. The largest absolute Gasteiger partial charge is 0.497 e. The fourth-order valence-electron chi connectivity index (χ4n) is 4.58. The second-order valence-corrected chi connectivity index (χ2v) is 8.56. The van der Waals surface area contributed by atoms with Gasteiger partial charge in [0.2, 0.25) is 0 Å². The van der Waals surface area contributed by atoms with Gasteiger partial charge >= 0.3 is 11.8 Å². The van der Waals surface area contributed by atoms with E-state index in [9.17, 15) is 9.59 Å². The summed E-state index contributed by atoms with van der Waals surface area (Å²) in [5.74, 6) is -0.454. The standard InChI is InChI=1S/C25H32N4O3/c1-28-14-11-20-15-19(7-10-22(20)28)23(29-12-3-4-13-29)17-27-25(31)24(30)26-16-18-5-8-21(32-2)9-6-18/h5-10,15,23H,3-4,11-14,16-17H2,1-2H3,(H,26,30)(H,27,31)/t23-/m0/s1. The lowest BCUT2D eigenvalue weighted by Gasteiger charge is -2.28. The molecule has 1 atom stereocenters. The Labute approximate surface area is 189 Å². The lowest BCUT2D eigenvalue weighted by molar-refractivity contribution is -0.139. The molecule has 170 valence electrons. The van der Waals surface area contributed by atoms with Crippen molar-refractivity contribution in [3.05, 3.63) is 59.2 Å². The normalized spacial score (nSPS) is 16.5. The minimum absolute atomic E-state index is 0.0760. The van der Waals surface area contributed by atoms with E-state index in [-0.39, 0.29) is 6.04 Å². The zero-order valence-corrected chi connectivity index (χ0v) is 18.9. The van der Waals surface area contributed by atoms with Crippen molar-refractivity contribution in [2.75, 3.05) is 45.2 Å². The Kier molecular flexibility index (Phi) is 6.95. The monoisotopic (exact) mass is 436 g/mol. The maximum Gasteiger partial charge on any atom is 0.309 e. The van der Waals surface area contributed by atoms with Crippen LogP contribution in [0.2, 0.25) is 0 Å². The number of ether oxygens (including phenoxy) is 1. The number of carbonyl (C=O) groups excluding carboxylic acids is 2. The number of anilines is 1. The summed E-state index contributed by atoms with van der Waals surface area (Å²) in [4.78, 5) is 29.5. The second-order valence-electron chi connectivity index (χ2n) is 8.56. The molecule has 2 aromatic carbocycles. The third-order valence-corrected chi connectivity index (χ3v) is 6.47. The molecule has 2 heterocycles. The number of hydrogen-bond acceptors (Lipinski definition) is 5. The Balaban J connectivity index is 1.36. The first kappa shape index (κ1) is 22.1. The summed E-state index contributed by atoms with van der Waals surface area (Å²) in [7, 11) is 3.73. The van der Waals surface area contributed by atoms with Gasteiger partial charge in [-0.25, -0.2) is 0 Å². The number of fused-ring (bicyclic) bond motifs is 1. The molecule has 0 aliphatic carbocycles. The molecular weight excluding hydrogens is 404 g/mol. The van der Waals surface area contributed by atoms with E-state index in [4.69, 9.17) is 4.74 Å². The van der Waals surface area contributed by atoms with Gasteiger partial charge in [-0.15, -0.1) is 0 Å². The zero-order valence-electron chi connectivity index (χ0n) is 18.9. The van der Waals surface area contributed by atoms with E-state index < -0.39 is 11.8 Å². The number of likely N-dealkylation sites (tertiary alicyclic amines) is 1. The van der Waals surface area contributed by atoms with Gasteiger partial charge in [0, 0.05) is 32.4 Å². The molecule has 1 saturated heterocycles. The predicted molar refractivity (Wildman–Crippen MR) is 125 cm³/mol. The fourth-order valence-corrected chi connectivity index (χ4v) is 4.58. The summed E-state index contributed by atoms with van der Waals surface area (Å²) in [6, 6.07) is 14.1. The summed E-state index contributed by atoms with van der Waals surface area (Å²) in [6.07, 6.45) is 3.38. The summed E-state index contributed by atoms with van der Waals surface area (Å²) < 4.78 is 5.14. The zero-order chi connectivity index (χ0) is 22.5. The fraction of sp³-hybridized carbons (Fsp3) is 0.440. The maximum absolute atomic E-state index is 12.5. The van der Waals surface area contributed by atoms with Crippen LogP contribution >= 0.6 is 0 Å². The van der Waals surface area contributed by atoms with E-state index in [0.717, 1.165) is 37.4 Å². The number of hydrogen-bond donors (Lipinski definition) is 2. The molecule has 1 fully saturated rings. The van der Waals surface area contributed by atoms with E-state index in [0.29, 0.717) is 13.1 Å². The molecule has 2 amide bonds. The Bertz CT molecular complexity index is 954. The Hall–Kier alpha value is -3.06. The molecule has 2 aliphatic rings. The van der Waals surface area contributed by atoms with Crippen LogP contribution in [0.15, 0.2) is 42.5 Å². The minimum atomic E-state index is -0.614. The average Bonchev–Trinajstić information content (AvgIpc) is 3.48. The quantitative estimate of drug-likeness (QED) is 0.652. The number of nitrogens with one attached hydrogen (secondary N) is 2. The number of rotatable bonds is 7. The highest BCUT2D eigenvalue weighted by Crippen LogP contribution is 2.32. The van der Waals surface area contributed by atoms with Crippen LogP contribution in [0.25, 0.3) is 0 Å². The van der Waals surface area contributed by atoms with Gasteiger partial charge in [-0.2, -0.15) is 0 Å². The molecule has 0 bridgehead atoms. The molecule has 0 spiro atoms. The first-order chi connectivity index (χ1) is 15.5. The molecule has 0 unspecified atom stereocenters. The van der Waals surface area contributed by atoms with Crippen LogP contribution in [0, 0.1) is 0 Å². The highest BCUT2D eigenvalue weighted by atomic mass is 16.5. The summed E-state index contributed by atoms with van der Waals surface area (Å²) in [5, 5.41) is 5.56. The number of amides is 2. The van der Waals surface area contributed by atoms with Gasteiger partial charge < -0.3 is 20.3 Å². The number of methoxy groups -OCH3 is 1. The van der Waals surface area contributed by atoms with Gasteiger partial charge in [0.15, 0.2) is 0 Å². The van der Waals surface area contributed by atoms with Crippen molar-refractivity contribution in [2.24, 2.45) is 0 Å². The summed E-state index contributed by atoms with van der Waals surface area (Å²) in [6.45, 7) is 3.79. The second kappa shape index (κ2) is 10.0. The molecule has 0 saturated carbocycles. The smallest absolute Gasteiger partial charge is 0.309 e. The van der Waals surface area contributed by atoms with E-state index in [1.54, 1.807) is 7.11 Å². The van der Waals surface area contributed by atoms with Gasteiger partial charge in [-0.3, -0.25) is 14.5 Å². The van der Waals surface area contributed by atoms with Crippen molar-refractivity contribution in [1.82, 2.24) is 15.5 Å². The third-order valence-electron chi connectivity index (χ3n) is 6.47. The van der Waals surface area contributed by atoms with Gasteiger partial charge in [-0.1, -0.05) is 24.3 Å². The molecule has 0 radical (unpaired) electrons. The molecule has 4 rings (SSSR count). The van der Waals surface area contributed by atoms with Crippen molar-refractivity contribution in [2.45, 2.75) is 31.8 Å². The number of nitrogens with zero attached hydrogens (tertiary/aromatic N) is 2. The van der Waals surface area contributed by atoms with Crippen molar-refractivity contribution in [1.29, 1.82) is 0 Å². The number of benzene rings is 2. The van der Waals surface area contributed by atoms with E-state index in [2.05, 4.69) is 45.7 Å². The van der Waals surface area contributed by atoms with Crippen molar-refractivity contribution in [3.63, 3.8) is 0 Å². The molecule has 2 N–H and O–H groups in total. The molecule has 7 heteroatoms. The van der Waals surface area contributed by atoms with E-state index >= 15 is 0 Å². The lowest BCUT2D eigenvalue weighted by Crippen LogP contribution is -2.43. The summed E-state index contributed by atoms with van der Waals surface area (Å²) >= 11 is 0.